The molecule has 1 aromatic heterocycles. The Bertz CT molecular complexity index is 729. The second kappa shape index (κ2) is 9.39. The normalized spacial score (nSPS) is 16.4. The summed E-state index contributed by atoms with van der Waals surface area (Å²) in [5.74, 6) is 1.53. The van der Waals surface area contributed by atoms with Crippen LogP contribution in [-0.2, 0) is 4.74 Å². The molecule has 0 aliphatic carbocycles. The molecule has 1 atom stereocenters. The highest BCUT2D eigenvalue weighted by Gasteiger charge is 2.24. The zero-order chi connectivity index (χ0) is 19.2. The van der Waals surface area contributed by atoms with E-state index in [1.54, 1.807) is 25.6 Å². The molecule has 1 saturated heterocycles. The molecule has 0 N–H and O–H groups in total. The van der Waals surface area contributed by atoms with Gasteiger partial charge in [0.2, 0.25) is 0 Å². The van der Waals surface area contributed by atoms with Gasteiger partial charge in [0, 0.05) is 44.7 Å². The van der Waals surface area contributed by atoms with Gasteiger partial charge in [0.05, 0.1) is 19.4 Å². The molecule has 7 heteroatoms. The summed E-state index contributed by atoms with van der Waals surface area (Å²) in [5, 5.41) is 3.26. The van der Waals surface area contributed by atoms with E-state index in [0.29, 0.717) is 19.3 Å². The Balaban J connectivity index is 1.61. The summed E-state index contributed by atoms with van der Waals surface area (Å²) >= 11 is 1.73. The molecule has 27 heavy (non-hydrogen) atoms. The van der Waals surface area contributed by atoms with Crippen molar-refractivity contribution in [2.75, 3.05) is 58.5 Å². The Labute approximate surface area is 165 Å². The van der Waals surface area contributed by atoms with Crippen molar-refractivity contribution >= 4 is 16.5 Å². The smallest absolute Gasteiger partial charge is 0.185 e. The standard InChI is InChI=1S/C20H29N3O3S/c1-15-14-27-20(21-15)23-9-7-22(8-10-23)16(2)17-5-6-18(19(13-17)25-4)26-12-11-24-3/h5-6,13-14,16H,7-12H2,1-4H3. The molecule has 1 aromatic carbocycles. The molecular weight excluding hydrogens is 362 g/mol. The molecule has 2 aromatic rings. The summed E-state index contributed by atoms with van der Waals surface area (Å²) < 4.78 is 16.3. The third-order valence-electron chi connectivity index (χ3n) is 4.95. The number of piperazine rings is 1. The first-order valence-corrected chi connectivity index (χ1v) is 10.2. The van der Waals surface area contributed by atoms with E-state index in [1.807, 2.05) is 13.0 Å². The number of aryl methyl sites for hydroxylation is 1. The van der Waals surface area contributed by atoms with Gasteiger partial charge in [-0.2, -0.15) is 0 Å². The first kappa shape index (κ1) is 19.9. The van der Waals surface area contributed by atoms with E-state index in [0.717, 1.165) is 48.5 Å². The SMILES string of the molecule is COCCOc1ccc(C(C)N2CCN(c3nc(C)cs3)CC2)cc1OC. The maximum atomic E-state index is 5.74. The van der Waals surface area contributed by atoms with Crippen molar-refractivity contribution in [2.24, 2.45) is 0 Å². The number of hydrogen-bond acceptors (Lipinski definition) is 7. The van der Waals surface area contributed by atoms with E-state index in [2.05, 4.69) is 39.2 Å². The lowest BCUT2D eigenvalue weighted by Crippen LogP contribution is -2.47. The van der Waals surface area contributed by atoms with Crippen LogP contribution in [-0.4, -0.2) is 63.5 Å². The van der Waals surface area contributed by atoms with Crippen LogP contribution in [0.5, 0.6) is 11.5 Å². The summed E-state index contributed by atoms with van der Waals surface area (Å²) in [4.78, 5) is 9.51. The number of aromatic nitrogens is 1. The highest BCUT2D eigenvalue weighted by atomic mass is 32.1. The molecule has 2 heterocycles. The Morgan fingerprint density at radius 3 is 2.52 bits per heavy atom. The van der Waals surface area contributed by atoms with Crippen LogP contribution in [0.2, 0.25) is 0 Å². The monoisotopic (exact) mass is 391 g/mol. The van der Waals surface area contributed by atoms with Crippen molar-refractivity contribution in [1.82, 2.24) is 9.88 Å². The summed E-state index contributed by atoms with van der Waals surface area (Å²) in [5.41, 5.74) is 2.34. The summed E-state index contributed by atoms with van der Waals surface area (Å²) in [7, 11) is 3.35. The third-order valence-corrected chi connectivity index (χ3v) is 5.97. The van der Waals surface area contributed by atoms with Crippen LogP contribution in [0.15, 0.2) is 23.6 Å². The van der Waals surface area contributed by atoms with Gasteiger partial charge in [0.1, 0.15) is 6.61 Å². The molecule has 0 radical (unpaired) electrons. The molecule has 0 amide bonds. The fourth-order valence-electron chi connectivity index (χ4n) is 3.30. The van der Waals surface area contributed by atoms with Crippen molar-refractivity contribution < 1.29 is 14.2 Å². The number of methoxy groups -OCH3 is 2. The summed E-state index contributed by atoms with van der Waals surface area (Å²) in [6.45, 7) is 9.43. The number of rotatable bonds is 8. The minimum Gasteiger partial charge on any atom is -0.493 e. The van der Waals surface area contributed by atoms with E-state index in [9.17, 15) is 0 Å². The fourth-order valence-corrected chi connectivity index (χ4v) is 4.15. The van der Waals surface area contributed by atoms with Crippen molar-refractivity contribution in [2.45, 2.75) is 19.9 Å². The maximum Gasteiger partial charge on any atom is 0.185 e. The van der Waals surface area contributed by atoms with Gasteiger partial charge in [0.25, 0.3) is 0 Å². The Morgan fingerprint density at radius 2 is 1.89 bits per heavy atom. The molecule has 6 nitrogen and oxygen atoms in total. The lowest BCUT2D eigenvalue weighted by molar-refractivity contribution is 0.144. The largest absolute Gasteiger partial charge is 0.493 e. The highest BCUT2D eigenvalue weighted by Crippen LogP contribution is 2.33. The highest BCUT2D eigenvalue weighted by molar-refractivity contribution is 7.13. The zero-order valence-electron chi connectivity index (χ0n) is 16.6. The maximum absolute atomic E-state index is 5.74. The van der Waals surface area contributed by atoms with Gasteiger partial charge in [-0.3, -0.25) is 4.90 Å². The molecule has 3 rings (SSSR count). The molecular formula is C20H29N3O3S. The van der Waals surface area contributed by atoms with Crippen LogP contribution in [0.3, 0.4) is 0 Å². The predicted octanol–water partition coefficient (Wildman–Crippen LogP) is 3.37. The van der Waals surface area contributed by atoms with E-state index in [-0.39, 0.29) is 0 Å². The number of benzene rings is 1. The van der Waals surface area contributed by atoms with Gasteiger partial charge >= 0.3 is 0 Å². The van der Waals surface area contributed by atoms with Crippen LogP contribution in [0.25, 0.3) is 0 Å². The van der Waals surface area contributed by atoms with Crippen molar-refractivity contribution in [3.63, 3.8) is 0 Å². The van der Waals surface area contributed by atoms with Crippen LogP contribution < -0.4 is 14.4 Å². The van der Waals surface area contributed by atoms with E-state index in [4.69, 9.17) is 14.2 Å². The van der Waals surface area contributed by atoms with Crippen LogP contribution in [0.4, 0.5) is 5.13 Å². The zero-order valence-corrected chi connectivity index (χ0v) is 17.4. The van der Waals surface area contributed by atoms with E-state index < -0.39 is 0 Å². The Kier molecular flexibility index (Phi) is 6.93. The number of hydrogen-bond donors (Lipinski definition) is 0. The van der Waals surface area contributed by atoms with Crippen LogP contribution in [0.1, 0.15) is 24.2 Å². The van der Waals surface area contributed by atoms with Crippen molar-refractivity contribution in [1.29, 1.82) is 0 Å². The minimum absolute atomic E-state index is 0.326. The van der Waals surface area contributed by atoms with Crippen molar-refractivity contribution in [3.05, 3.63) is 34.8 Å². The molecule has 1 unspecified atom stereocenters. The molecule has 1 aliphatic rings. The average molecular weight is 392 g/mol. The van der Waals surface area contributed by atoms with Gasteiger partial charge < -0.3 is 19.1 Å². The summed E-state index contributed by atoms with van der Waals surface area (Å²) in [6.07, 6.45) is 0. The molecule has 1 aliphatic heterocycles. The van der Waals surface area contributed by atoms with E-state index >= 15 is 0 Å². The molecule has 0 spiro atoms. The second-order valence-electron chi connectivity index (χ2n) is 6.72. The Hall–Kier alpha value is -1.83. The van der Waals surface area contributed by atoms with E-state index in [1.165, 1.54) is 5.56 Å². The Morgan fingerprint density at radius 1 is 1.11 bits per heavy atom. The number of nitrogens with zero attached hydrogens (tertiary/aromatic N) is 3. The quantitative estimate of drug-likeness (QED) is 0.643. The molecule has 1 fully saturated rings. The number of thiazole rings is 1. The topological polar surface area (TPSA) is 47.1 Å². The summed E-state index contributed by atoms with van der Waals surface area (Å²) in [6, 6.07) is 6.54. The minimum atomic E-state index is 0.326. The molecule has 0 bridgehead atoms. The van der Waals surface area contributed by atoms with Gasteiger partial charge in [-0.25, -0.2) is 4.98 Å². The predicted molar refractivity (Wildman–Crippen MR) is 109 cm³/mol. The van der Waals surface area contributed by atoms with Gasteiger partial charge in [0.15, 0.2) is 16.6 Å². The first-order chi connectivity index (χ1) is 13.1. The fraction of sp³-hybridized carbons (Fsp3) is 0.550. The third kappa shape index (κ3) is 4.91. The lowest BCUT2D eigenvalue weighted by Gasteiger charge is -2.38. The van der Waals surface area contributed by atoms with Crippen molar-refractivity contribution in [3.8, 4) is 11.5 Å². The first-order valence-electron chi connectivity index (χ1n) is 9.33. The van der Waals surface area contributed by atoms with Gasteiger partial charge in [-0.05, 0) is 31.5 Å². The lowest BCUT2D eigenvalue weighted by atomic mass is 10.1. The van der Waals surface area contributed by atoms with Crippen LogP contribution >= 0.6 is 11.3 Å². The van der Waals surface area contributed by atoms with Crippen LogP contribution in [0, 0.1) is 6.92 Å². The van der Waals surface area contributed by atoms with Gasteiger partial charge in [-0.15, -0.1) is 11.3 Å². The number of ether oxygens (including phenoxy) is 3. The second-order valence-corrected chi connectivity index (χ2v) is 7.56. The molecule has 148 valence electrons. The molecule has 0 saturated carbocycles. The average Bonchev–Trinajstić information content (AvgIpc) is 3.14. The number of anilines is 1. The van der Waals surface area contributed by atoms with Gasteiger partial charge in [-0.1, -0.05) is 6.07 Å².